The second-order valence-corrected chi connectivity index (χ2v) is 7.53. The summed E-state index contributed by atoms with van der Waals surface area (Å²) in [7, 11) is -3.08. The molecule has 118 valence electrons. The molecule has 0 amide bonds. The predicted octanol–water partition coefficient (Wildman–Crippen LogP) is 0.443. The van der Waals surface area contributed by atoms with Crippen LogP contribution < -0.4 is 10.6 Å². The summed E-state index contributed by atoms with van der Waals surface area (Å²) in [6, 6.07) is 4.23. The first-order valence-electron chi connectivity index (χ1n) is 7.30. The predicted molar refractivity (Wildman–Crippen MR) is 84.8 cm³/mol. The Hall–Kier alpha value is -1.18. The molecule has 0 radical (unpaired) electrons. The molecule has 1 fully saturated rings. The second-order valence-electron chi connectivity index (χ2n) is 5.55. The van der Waals surface area contributed by atoms with Gasteiger partial charge in [0.05, 0.1) is 6.26 Å². The van der Waals surface area contributed by atoms with E-state index in [0.29, 0.717) is 26.2 Å². The van der Waals surface area contributed by atoms with Crippen LogP contribution in [-0.2, 0) is 16.4 Å². The molecule has 1 aliphatic rings. The highest BCUT2D eigenvalue weighted by Gasteiger charge is 2.23. The molecule has 0 saturated carbocycles. The van der Waals surface area contributed by atoms with Crippen molar-refractivity contribution in [1.82, 2.24) is 9.29 Å². The van der Waals surface area contributed by atoms with Gasteiger partial charge in [0, 0.05) is 38.4 Å². The fraction of sp³-hybridized carbons (Fsp3) is 0.643. The van der Waals surface area contributed by atoms with E-state index >= 15 is 0 Å². The lowest BCUT2D eigenvalue weighted by Gasteiger charge is -2.34. The molecule has 6 nitrogen and oxygen atoms in total. The Morgan fingerprint density at radius 3 is 2.43 bits per heavy atom. The van der Waals surface area contributed by atoms with Gasteiger partial charge in [0.25, 0.3) is 0 Å². The lowest BCUT2D eigenvalue weighted by molar-refractivity contribution is 0.387. The minimum absolute atomic E-state index is 0.177. The van der Waals surface area contributed by atoms with Crippen LogP contribution in [0.5, 0.6) is 0 Å². The van der Waals surface area contributed by atoms with Crippen molar-refractivity contribution >= 4 is 15.8 Å². The molecule has 1 aromatic rings. The maximum atomic E-state index is 11.5. The first-order chi connectivity index (χ1) is 9.90. The standard InChI is InChI=1S/C14H24N4O2S/c1-3-13(15)10-12-4-5-14(16-11-12)17-6-8-18(9-7-17)21(2,19)20/h4-5,11,13H,3,6-10,15H2,1-2H3. The monoisotopic (exact) mass is 312 g/mol. The van der Waals surface area contributed by atoms with Gasteiger partial charge >= 0.3 is 0 Å². The van der Waals surface area contributed by atoms with Gasteiger partial charge in [0.1, 0.15) is 5.82 Å². The number of hydrogen-bond acceptors (Lipinski definition) is 5. The number of aromatic nitrogens is 1. The Kier molecular flexibility index (Phi) is 5.18. The van der Waals surface area contributed by atoms with Crippen molar-refractivity contribution in [2.45, 2.75) is 25.8 Å². The summed E-state index contributed by atoms with van der Waals surface area (Å²) in [6.45, 7) is 4.46. The fourth-order valence-corrected chi connectivity index (χ4v) is 3.25. The van der Waals surface area contributed by atoms with Crippen molar-refractivity contribution < 1.29 is 8.42 Å². The van der Waals surface area contributed by atoms with Crippen molar-refractivity contribution in [1.29, 1.82) is 0 Å². The molecule has 0 aliphatic carbocycles. The minimum Gasteiger partial charge on any atom is -0.354 e. The van der Waals surface area contributed by atoms with Crippen LogP contribution in [0.25, 0.3) is 0 Å². The first-order valence-corrected chi connectivity index (χ1v) is 9.15. The van der Waals surface area contributed by atoms with E-state index in [0.717, 1.165) is 24.2 Å². The van der Waals surface area contributed by atoms with Crippen LogP contribution in [0.15, 0.2) is 18.3 Å². The van der Waals surface area contributed by atoms with Crippen LogP contribution in [0, 0.1) is 0 Å². The van der Waals surface area contributed by atoms with E-state index in [1.165, 1.54) is 10.6 Å². The normalized spacial score (nSPS) is 18.7. The summed E-state index contributed by atoms with van der Waals surface area (Å²) >= 11 is 0. The average Bonchev–Trinajstić information content (AvgIpc) is 2.47. The van der Waals surface area contributed by atoms with Crippen molar-refractivity contribution in [2.24, 2.45) is 5.73 Å². The molecule has 7 heteroatoms. The Morgan fingerprint density at radius 1 is 1.29 bits per heavy atom. The zero-order valence-electron chi connectivity index (χ0n) is 12.7. The van der Waals surface area contributed by atoms with Crippen LogP contribution in [0.4, 0.5) is 5.82 Å². The third-order valence-electron chi connectivity index (χ3n) is 3.86. The van der Waals surface area contributed by atoms with Crippen LogP contribution >= 0.6 is 0 Å². The lowest BCUT2D eigenvalue weighted by Crippen LogP contribution is -2.48. The van der Waals surface area contributed by atoms with E-state index in [2.05, 4.69) is 22.9 Å². The SMILES string of the molecule is CCC(N)Cc1ccc(N2CCN(S(C)(=O)=O)CC2)nc1. The summed E-state index contributed by atoms with van der Waals surface area (Å²) in [5.74, 6) is 0.900. The minimum atomic E-state index is -3.08. The molecule has 1 aliphatic heterocycles. The van der Waals surface area contributed by atoms with Gasteiger partial charge in [-0.25, -0.2) is 13.4 Å². The second kappa shape index (κ2) is 6.72. The Labute approximate surface area is 127 Å². The van der Waals surface area contributed by atoms with Crippen LogP contribution in [0.3, 0.4) is 0 Å². The molecule has 0 spiro atoms. The topological polar surface area (TPSA) is 79.5 Å². The molecule has 2 N–H and O–H groups in total. The van der Waals surface area contributed by atoms with Gasteiger partial charge in [0.15, 0.2) is 0 Å². The molecule has 0 aromatic carbocycles. The molecule has 1 saturated heterocycles. The number of rotatable bonds is 5. The Bertz CT molecular complexity index is 551. The zero-order valence-corrected chi connectivity index (χ0v) is 13.5. The number of nitrogens with two attached hydrogens (primary N) is 1. The number of sulfonamides is 1. The summed E-state index contributed by atoms with van der Waals surface area (Å²) < 4.78 is 24.5. The van der Waals surface area contributed by atoms with E-state index < -0.39 is 10.0 Å². The fourth-order valence-electron chi connectivity index (χ4n) is 2.42. The van der Waals surface area contributed by atoms with E-state index in [9.17, 15) is 8.42 Å². The molecule has 1 atom stereocenters. The van der Waals surface area contributed by atoms with E-state index in [-0.39, 0.29) is 6.04 Å². The van der Waals surface area contributed by atoms with Crippen molar-refractivity contribution in [3.05, 3.63) is 23.9 Å². The Balaban J connectivity index is 1.95. The first kappa shape index (κ1) is 16.2. The molecular formula is C14H24N4O2S. The molecular weight excluding hydrogens is 288 g/mol. The van der Waals surface area contributed by atoms with Gasteiger partial charge in [-0.15, -0.1) is 0 Å². The number of hydrogen-bond donors (Lipinski definition) is 1. The van der Waals surface area contributed by atoms with E-state index in [4.69, 9.17) is 5.73 Å². The highest BCUT2D eigenvalue weighted by Crippen LogP contribution is 2.16. The van der Waals surface area contributed by atoms with Gasteiger partial charge in [-0.2, -0.15) is 4.31 Å². The Morgan fingerprint density at radius 2 is 1.95 bits per heavy atom. The molecule has 0 bridgehead atoms. The largest absolute Gasteiger partial charge is 0.354 e. The molecule has 21 heavy (non-hydrogen) atoms. The summed E-state index contributed by atoms with van der Waals surface area (Å²) in [4.78, 5) is 6.60. The molecule has 1 unspecified atom stereocenters. The molecule has 2 rings (SSSR count). The summed E-state index contributed by atoms with van der Waals surface area (Å²) in [6.07, 6.45) is 4.92. The van der Waals surface area contributed by atoms with Gasteiger partial charge in [-0.1, -0.05) is 13.0 Å². The third kappa shape index (κ3) is 4.39. The van der Waals surface area contributed by atoms with Crippen LogP contribution in [0.1, 0.15) is 18.9 Å². The van der Waals surface area contributed by atoms with Crippen molar-refractivity contribution in [3.8, 4) is 0 Å². The molecule has 2 heterocycles. The van der Waals surface area contributed by atoms with Crippen molar-refractivity contribution in [2.75, 3.05) is 37.3 Å². The average molecular weight is 312 g/mol. The number of anilines is 1. The van der Waals surface area contributed by atoms with Gasteiger partial charge in [-0.3, -0.25) is 0 Å². The maximum absolute atomic E-state index is 11.5. The van der Waals surface area contributed by atoms with Crippen molar-refractivity contribution in [3.63, 3.8) is 0 Å². The van der Waals surface area contributed by atoms with Crippen LogP contribution in [-0.4, -0.2) is 56.2 Å². The molecule has 1 aromatic heterocycles. The smallest absolute Gasteiger partial charge is 0.211 e. The highest BCUT2D eigenvalue weighted by molar-refractivity contribution is 7.88. The third-order valence-corrected chi connectivity index (χ3v) is 5.17. The van der Waals surface area contributed by atoms with Gasteiger partial charge in [-0.05, 0) is 24.5 Å². The highest BCUT2D eigenvalue weighted by atomic mass is 32.2. The summed E-state index contributed by atoms with van der Waals surface area (Å²) in [5, 5.41) is 0. The van der Waals surface area contributed by atoms with Gasteiger partial charge < -0.3 is 10.6 Å². The number of piperazine rings is 1. The maximum Gasteiger partial charge on any atom is 0.211 e. The van der Waals surface area contributed by atoms with Crippen LogP contribution in [0.2, 0.25) is 0 Å². The van der Waals surface area contributed by atoms with E-state index in [1.54, 1.807) is 0 Å². The lowest BCUT2D eigenvalue weighted by atomic mass is 10.1. The zero-order chi connectivity index (χ0) is 15.5. The van der Waals surface area contributed by atoms with Gasteiger partial charge in [0.2, 0.25) is 10.0 Å². The number of pyridine rings is 1. The quantitative estimate of drug-likeness (QED) is 0.853. The summed E-state index contributed by atoms with van der Waals surface area (Å²) in [5.41, 5.74) is 7.08. The van der Waals surface area contributed by atoms with E-state index in [1.807, 2.05) is 12.3 Å². The number of nitrogens with zero attached hydrogens (tertiary/aromatic N) is 3.